The predicted molar refractivity (Wildman–Crippen MR) is 119 cm³/mol. The number of likely N-dealkylation sites (tertiary alicyclic amines) is 1. The fourth-order valence-electron chi connectivity index (χ4n) is 4.76. The average Bonchev–Trinajstić information content (AvgIpc) is 3.29. The summed E-state index contributed by atoms with van der Waals surface area (Å²) in [5, 5.41) is 0. The van der Waals surface area contributed by atoms with Gasteiger partial charge < -0.3 is 0 Å². The molecule has 1 saturated heterocycles. The highest BCUT2D eigenvalue weighted by Crippen LogP contribution is 2.46. The minimum absolute atomic E-state index is 0.273. The van der Waals surface area contributed by atoms with Gasteiger partial charge in [-0.05, 0) is 63.0 Å². The number of benzene rings is 2. The van der Waals surface area contributed by atoms with Gasteiger partial charge in [-0.15, -0.1) is 0 Å². The van der Waals surface area contributed by atoms with E-state index in [4.69, 9.17) is 0 Å². The molecule has 0 saturated carbocycles. The van der Waals surface area contributed by atoms with Gasteiger partial charge in [0.15, 0.2) is 0 Å². The van der Waals surface area contributed by atoms with Crippen LogP contribution in [-0.2, 0) is 15.4 Å². The Morgan fingerprint density at radius 1 is 1.07 bits per heavy atom. The van der Waals surface area contributed by atoms with Crippen molar-refractivity contribution in [2.45, 2.75) is 43.4 Å². The van der Waals surface area contributed by atoms with Crippen LogP contribution >= 0.6 is 0 Å². The third kappa shape index (κ3) is 3.86. The van der Waals surface area contributed by atoms with Crippen molar-refractivity contribution in [3.63, 3.8) is 0 Å². The number of nitrogens with zero attached hydrogens (tertiary/aromatic N) is 2. The summed E-state index contributed by atoms with van der Waals surface area (Å²) < 4.78 is 28.5. The lowest BCUT2D eigenvalue weighted by atomic mass is 9.79. The van der Waals surface area contributed by atoms with Crippen molar-refractivity contribution < 1.29 is 8.42 Å². The first-order chi connectivity index (χ1) is 13.8. The molecule has 0 aliphatic carbocycles. The Kier molecular flexibility index (Phi) is 5.30. The van der Waals surface area contributed by atoms with Crippen LogP contribution in [0.5, 0.6) is 0 Å². The van der Waals surface area contributed by atoms with Crippen molar-refractivity contribution in [2.24, 2.45) is 0 Å². The van der Waals surface area contributed by atoms with E-state index in [2.05, 4.69) is 24.5 Å². The van der Waals surface area contributed by atoms with Crippen molar-refractivity contribution in [1.29, 1.82) is 0 Å². The fourth-order valence-corrected chi connectivity index (χ4v) is 6.36. The monoisotopic (exact) mass is 410 g/mol. The second-order valence-corrected chi connectivity index (χ2v) is 10.7. The van der Waals surface area contributed by atoms with Crippen molar-refractivity contribution in [3.8, 4) is 0 Å². The summed E-state index contributed by atoms with van der Waals surface area (Å²) in [6, 6.07) is 15.0. The Morgan fingerprint density at radius 3 is 2.41 bits per heavy atom. The van der Waals surface area contributed by atoms with Gasteiger partial charge in [0.25, 0.3) is 10.0 Å². The van der Waals surface area contributed by atoms with E-state index in [0.29, 0.717) is 11.4 Å². The first-order valence-electron chi connectivity index (χ1n) is 10.4. The second kappa shape index (κ2) is 7.62. The van der Waals surface area contributed by atoms with E-state index in [1.807, 2.05) is 37.3 Å². The van der Waals surface area contributed by atoms with E-state index in [0.717, 1.165) is 42.9 Å². The number of aryl methyl sites for hydroxylation is 1. The van der Waals surface area contributed by atoms with Gasteiger partial charge >= 0.3 is 0 Å². The van der Waals surface area contributed by atoms with E-state index in [1.165, 1.54) is 18.4 Å². The van der Waals surface area contributed by atoms with Crippen LogP contribution in [0.2, 0.25) is 0 Å². The van der Waals surface area contributed by atoms with Crippen LogP contribution in [0.15, 0.2) is 65.6 Å². The number of sulfonamides is 1. The number of para-hydroxylation sites is 1. The van der Waals surface area contributed by atoms with Crippen molar-refractivity contribution in [1.82, 2.24) is 4.90 Å². The zero-order valence-corrected chi connectivity index (χ0v) is 18.2. The van der Waals surface area contributed by atoms with Gasteiger partial charge in [0, 0.05) is 18.5 Å². The minimum Gasteiger partial charge on any atom is -0.299 e. The topological polar surface area (TPSA) is 40.6 Å². The van der Waals surface area contributed by atoms with Crippen molar-refractivity contribution in [2.75, 3.05) is 30.5 Å². The molecule has 154 valence electrons. The molecule has 5 heteroatoms. The van der Waals surface area contributed by atoms with Crippen molar-refractivity contribution in [3.05, 3.63) is 71.8 Å². The molecule has 1 atom stereocenters. The van der Waals surface area contributed by atoms with Gasteiger partial charge in [-0.2, -0.15) is 0 Å². The lowest BCUT2D eigenvalue weighted by molar-refractivity contribution is 0.355. The molecular formula is C24H30N2O2S. The van der Waals surface area contributed by atoms with Gasteiger partial charge in [-0.1, -0.05) is 55.0 Å². The summed E-state index contributed by atoms with van der Waals surface area (Å²) in [5.41, 5.74) is 3.85. The smallest absolute Gasteiger partial charge is 0.264 e. The number of rotatable bonds is 6. The molecular weight excluding hydrogens is 380 g/mol. The van der Waals surface area contributed by atoms with Crippen LogP contribution in [0.25, 0.3) is 0 Å². The lowest BCUT2D eigenvalue weighted by Crippen LogP contribution is -2.36. The molecule has 0 radical (unpaired) electrons. The molecule has 0 bridgehead atoms. The maximum Gasteiger partial charge on any atom is 0.264 e. The number of hydrogen-bond donors (Lipinski definition) is 0. The summed E-state index contributed by atoms with van der Waals surface area (Å²) in [6.45, 7) is 12.1. The number of anilines is 1. The van der Waals surface area contributed by atoms with Crippen LogP contribution in [0.3, 0.4) is 0 Å². The van der Waals surface area contributed by atoms with E-state index in [9.17, 15) is 8.42 Å². The second-order valence-electron chi connectivity index (χ2n) is 8.81. The molecule has 2 aromatic rings. The molecule has 0 aromatic heterocycles. The highest BCUT2D eigenvalue weighted by molar-refractivity contribution is 7.92. The summed E-state index contributed by atoms with van der Waals surface area (Å²) >= 11 is 0. The number of hydrogen-bond acceptors (Lipinski definition) is 3. The minimum atomic E-state index is -3.60. The van der Waals surface area contributed by atoms with Gasteiger partial charge in [-0.3, -0.25) is 9.21 Å². The van der Waals surface area contributed by atoms with Gasteiger partial charge in [0.1, 0.15) is 0 Å². The maximum absolute atomic E-state index is 13.5. The molecule has 0 amide bonds. The van der Waals surface area contributed by atoms with E-state index < -0.39 is 10.0 Å². The highest BCUT2D eigenvalue weighted by Gasteiger charge is 2.44. The molecule has 2 aliphatic heterocycles. The Labute approximate surface area is 174 Å². The van der Waals surface area contributed by atoms with Crippen molar-refractivity contribution >= 4 is 15.7 Å². The Balaban J connectivity index is 1.63. The van der Waals surface area contributed by atoms with E-state index >= 15 is 0 Å². The predicted octanol–water partition coefficient (Wildman–Crippen LogP) is 4.50. The van der Waals surface area contributed by atoms with Crippen LogP contribution in [0.4, 0.5) is 5.69 Å². The average molecular weight is 411 g/mol. The maximum atomic E-state index is 13.5. The largest absolute Gasteiger partial charge is 0.299 e. The van der Waals surface area contributed by atoms with Crippen LogP contribution in [-0.4, -0.2) is 39.5 Å². The lowest BCUT2D eigenvalue weighted by Gasteiger charge is -2.28. The van der Waals surface area contributed by atoms with Gasteiger partial charge in [0.2, 0.25) is 0 Å². The summed E-state index contributed by atoms with van der Waals surface area (Å²) in [7, 11) is -3.60. The normalized spacial score (nSPS) is 22.1. The molecule has 29 heavy (non-hydrogen) atoms. The van der Waals surface area contributed by atoms with Gasteiger partial charge in [0.05, 0.1) is 10.6 Å². The molecule has 2 heterocycles. The summed E-state index contributed by atoms with van der Waals surface area (Å²) in [4.78, 5) is 2.80. The number of fused-ring (bicyclic) bond motifs is 1. The molecule has 0 spiro atoms. The van der Waals surface area contributed by atoms with Crippen LogP contribution < -0.4 is 4.31 Å². The van der Waals surface area contributed by atoms with E-state index in [1.54, 1.807) is 16.4 Å². The summed E-state index contributed by atoms with van der Waals surface area (Å²) in [6.07, 6.45) is 3.31. The van der Waals surface area contributed by atoms with E-state index in [-0.39, 0.29) is 5.41 Å². The summed E-state index contributed by atoms with van der Waals surface area (Å²) in [5.74, 6) is 0. The first kappa shape index (κ1) is 20.2. The third-order valence-corrected chi connectivity index (χ3v) is 7.98. The standard InChI is InChI=1S/C24H30N2O2S/c1-19-10-12-21(13-11-19)29(27,28)26-18-24(3,22-8-4-5-9-23(22)26)16-20(2)17-25-14-6-7-15-25/h4-5,8-13H,2,6-7,14-18H2,1,3H3. The zero-order valence-electron chi connectivity index (χ0n) is 17.4. The van der Waals surface area contributed by atoms with Crippen LogP contribution in [0, 0.1) is 6.92 Å². The first-order valence-corrected chi connectivity index (χ1v) is 11.8. The molecule has 2 aromatic carbocycles. The molecule has 2 aliphatic rings. The molecule has 1 fully saturated rings. The Morgan fingerprint density at radius 2 is 1.72 bits per heavy atom. The SMILES string of the molecule is C=C(CN1CCCC1)CC1(C)CN(S(=O)(=O)c2ccc(C)cc2)c2ccccc21. The zero-order chi connectivity index (χ0) is 20.6. The molecule has 1 unspecified atom stereocenters. The molecule has 0 N–H and O–H groups in total. The third-order valence-electron chi connectivity index (χ3n) is 6.21. The van der Waals surface area contributed by atoms with Crippen LogP contribution in [0.1, 0.15) is 37.3 Å². The quantitative estimate of drug-likeness (QED) is 0.658. The highest BCUT2D eigenvalue weighted by atomic mass is 32.2. The Bertz CT molecular complexity index is 1010. The Hall–Kier alpha value is -2.11. The molecule has 4 nitrogen and oxygen atoms in total. The van der Waals surface area contributed by atoms with Gasteiger partial charge in [-0.25, -0.2) is 8.42 Å². The fraction of sp³-hybridized carbons (Fsp3) is 0.417. The molecule has 4 rings (SSSR count).